The summed E-state index contributed by atoms with van der Waals surface area (Å²) in [5.41, 5.74) is 2.88. The topological polar surface area (TPSA) is 62.7 Å². The molecule has 1 aromatic carbocycles. The molecule has 2 aromatic heterocycles. The molecule has 29 heavy (non-hydrogen) atoms. The Bertz CT molecular complexity index is 1030. The van der Waals surface area contributed by atoms with Crippen molar-refractivity contribution in [3.05, 3.63) is 45.1 Å². The van der Waals surface area contributed by atoms with Gasteiger partial charge in [0.2, 0.25) is 0 Å². The van der Waals surface area contributed by atoms with Crippen molar-refractivity contribution < 1.29 is 14.6 Å². The molecule has 1 N–H and O–H groups in total. The number of halogens is 2. The number of benzene rings is 1. The highest BCUT2D eigenvalue weighted by atomic mass is 35.5. The van der Waals surface area contributed by atoms with Crippen molar-refractivity contribution in [3.8, 4) is 11.1 Å². The zero-order valence-corrected chi connectivity index (χ0v) is 17.9. The van der Waals surface area contributed by atoms with E-state index in [1.807, 2.05) is 11.4 Å². The number of rotatable bonds is 7. The molecule has 1 aliphatic heterocycles. The fraction of sp³-hybridized carbons (Fsp3) is 0.333. The van der Waals surface area contributed by atoms with Crippen LogP contribution in [0.2, 0.25) is 10.0 Å². The van der Waals surface area contributed by atoms with E-state index >= 15 is 0 Å². The number of carboxylic acids is 1. The second kappa shape index (κ2) is 8.88. The van der Waals surface area contributed by atoms with Gasteiger partial charge in [-0.3, -0.25) is 4.79 Å². The minimum absolute atomic E-state index is 0.0113. The van der Waals surface area contributed by atoms with Crippen molar-refractivity contribution in [3.63, 3.8) is 0 Å². The predicted octanol–water partition coefficient (Wildman–Crippen LogP) is 5.73. The number of nitrogens with zero attached hydrogens (tertiary/aromatic N) is 2. The lowest BCUT2D eigenvalue weighted by Gasteiger charge is -2.26. The molecule has 0 saturated carbocycles. The van der Waals surface area contributed by atoms with Gasteiger partial charge in [0.15, 0.2) is 0 Å². The minimum atomic E-state index is -0.851. The van der Waals surface area contributed by atoms with Crippen LogP contribution in [0.25, 0.3) is 22.0 Å². The predicted molar refractivity (Wildman–Crippen MR) is 119 cm³/mol. The second-order valence-electron chi connectivity index (χ2n) is 7.01. The first-order valence-electron chi connectivity index (χ1n) is 9.42. The first kappa shape index (κ1) is 20.4. The van der Waals surface area contributed by atoms with E-state index in [0.717, 1.165) is 41.7 Å². The second-order valence-corrected chi connectivity index (χ2v) is 8.57. The minimum Gasteiger partial charge on any atom is -0.481 e. The third-order valence-electron chi connectivity index (χ3n) is 5.13. The monoisotopic (exact) mass is 450 g/mol. The third-order valence-corrected chi connectivity index (χ3v) is 6.61. The van der Waals surface area contributed by atoms with Gasteiger partial charge in [0, 0.05) is 11.9 Å². The molecule has 5 nitrogen and oxygen atoms in total. The number of aliphatic carboxylic acids is 1. The van der Waals surface area contributed by atoms with Gasteiger partial charge in [0.25, 0.3) is 0 Å². The number of pyridine rings is 1. The number of aromatic nitrogens is 1. The number of carbonyl (C=O) groups is 1. The Hall–Kier alpha value is -1.86. The molecule has 8 heteroatoms. The summed E-state index contributed by atoms with van der Waals surface area (Å²) in [7, 11) is 0. The number of ether oxygens (including phenoxy) is 1. The van der Waals surface area contributed by atoms with Gasteiger partial charge in [-0.05, 0) is 52.9 Å². The van der Waals surface area contributed by atoms with Crippen LogP contribution < -0.4 is 4.90 Å². The number of carboxylic acid groups (broad SMARTS) is 1. The van der Waals surface area contributed by atoms with E-state index < -0.39 is 5.97 Å². The molecular formula is C21H20Cl2N2O3S. The summed E-state index contributed by atoms with van der Waals surface area (Å²) in [6.45, 7) is 1.56. The van der Waals surface area contributed by atoms with Gasteiger partial charge in [0.1, 0.15) is 5.82 Å². The highest BCUT2D eigenvalue weighted by Crippen LogP contribution is 2.39. The van der Waals surface area contributed by atoms with E-state index in [2.05, 4.69) is 22.4 Å². The van der Waals surface area contributed by atoms with E-state index in [9.17, 15) is 4.79 Å². The van der Waals surface area contributed by atoms with Gasteiger partial charge < -0.3 is 14.7 Å². The third kappa shape index (κ3) is 4.36. The molecule has 1 aliphatic rings. The number of thiophene rings is 1. The number of fused-ring (bicyclic) bond motifs is 1. The van der Waals surface area contributed by atoms with Crippen molar-refractivity contribution in [2.24, 2.45) is 0 Å². The maximum Gasteiger partial charge on any atom is 0.305 e. The number of hydrogen-bond acceptors (Lipinski definition) is 5. The first-order valence-corrected chi connectivity index (χ1v) is 11.1. The lowest BCUT2D eigenvalue weighted by atomic mass is 10.0. The van der Waals surface area contributed by atoms with Crippen molar-refractivity contribution >= 4 is 57.2 Å². The molecule has 1 fully saturated rings. The van der Waals surface area contributed by atoms with Gasteiger partial charge in [-0.25, -0.2) is 4.98 Å². The van der Waals surface area contributed by atoms with Gasteiger partial charge in [-0.1, -0.05) is 29.3 Å². The molecular weight excluding hydrogens is 431 g/mol. The van der Waals surface area contributed by atoms with Crippen molar-refractivity contribution in [1.29, 1.82) is 0 Å². The molecule has 0 unspecified atom stereocenters. The largest absolute Gasteiger partial charge is 0.481 e. The molecule has 0 aliphatic carbocycles. The van der Waals surface area contributed by atoms with E-state index in [0.29, 0.717) is 22.2 Å². The van der Waals surface area contributed by atoms with Crippen molar-refractivity contribution in [2.75, 3.05) is 24.7 Å². The summed E-state index contributed by atoms with van der Waals surface area (Å²) in [4.78, 5) is 17.8. The SMILES string of the molecule is O=C(O)CCOC[C@@H]1CCCN1c1cc(-c2ccsc2)c2ccc(Cl)c(Cl)c2n1. The Morgan fingerprint density at radius 1 is 1.34 bits per heavy atom. The van der Waals surface area contributed by atoms with Crippen LogP contribution >= 0.6 is 34.5 Å². The van der Waals surface area contributed by atoms with Crippen LogP contribution in [0, 0.1) is 0 Å². The summed E-state index contributed by atoms with van der Waals surface area (Å²) in [6, 6.07) is 8.11. The summed E-state index contributed by atoms with van der Waals surface area (Å²) >= 11 is 14.4. The molecule has 1 atom stereocenters. The maximum absolute atomic E-state index is 10.7. The lowest BCUT2D eigenvalue weighted by Crippen LogP contribution is -2.34. The molecule has 0 spiro atoms. The normalized spacial score (nSPS) is 16.6. The summed E-state index contributed by atoms with van der Waals surface area (Å²) < 4.78 is 5.62. The number of hydrogen-bond donors (Lipinski definition) is 1. The molecule has 4 rings (SSSR count). The zero-order chi connectivity index (χ0) is 20.4. The molecule has 3 heterocycles. The van der Waals surface area contributed by atoms with Gasteiger partial charge in [-0.15, -0.1) is 0 Å². The zero-order valence-electron chi connectivity index (χ0n) is 15.6. The summed E-state index contributed by atoms with van der Waals surface area (Å²) in [5.74, 6) is -0.0106. The molecule has 0 amide bonds. The van der Waals surface area contributed by atoms with Crippen LogP contribution in [0.1, 0.15) is 19.3 Å². The van der Waals surface area contributed by atoms with Crippen LogP contribution in [0.15, 0.2) is 35.0 Å². The fourth-order valence-corrected chi connectivity index (χ4v) is 4.73. The Kier molecular flexibility index (Phi) is 6.25. The standard InChI is InChI=1S/C21H20Cl2N2O3S/c22-17-4-3-15-16(13-6-9-29-12-13)10-18(24-21(15)20(17)23)25-7-1-2-14(25)11-28-8-5-19(26)27/h3-4,6,9-10,12,14H,1-2,5,7-8,11H2,(H,26,27)/t14-/m0/s1. The smallest absolute Gasteiger partial charge is 0.305 e. The van der Waals surface area contributed by atoms with E-state index in [-0.39, 0.29) is 19.1 Å². The van der Waals surface area contributed by atoms with Gasteiger partial charge >= 0.3 is 5.97 Å². The molecule has 3 aromatic rings. The maximum atomic E-state index is 10.7. The Morgan fingerprint density at radius 2 is 2.21 bits per heavy atom. The highest BCUT2D eigenvalue weighted by molar-refractivity contribution is 7.08. The fourth-order valence-electron chi connectivity index (χ4n) is 3.71. The Morgan fingerprint density at radius 3 is 2.97 bits per heavy atom. The average Bonchev–Trinajstić information content (AvgIpc) is 3.39. The van der Waals surface area contributed by atoms with E-state index in [1.165, 1.54) is 0 Å². The van der Waals surface area contributed by atoms with E-state index in [4.69, 9.17) is 38.0 Å². The molecule has 1 saturated heterocycles. The highest BCUT2D eigenvalue weighted by Gasteiger charge is 2.27. The van der Waals surface area contributed by atoms with Gasteiger partial charge in [-0.2, -0.15) is 11.3 Å². The summed E-state index contributed by atoms with van der Waals surface area (Å²) in [6.07, 6.45) is 2.02. The molecule has 152 valence electrons. The van der Waals surface area contributed by atoms with Crippen LogP contribution in [0.4, 0.5) is 5.82 Å². The lowest BCUT2D eigenvalue weighted by molar-refractivity contribution is -0.138. The summed E-state index contributed by atoms with van der Waals surface area (Å²) in [5, 5.41) is 14.8. The average molecular weight is 451 g/mol. The van der Waals surface area contributed by atoms with Crippen LogP contribution in [-0.4, -0.2) is 41.9 Å². The molecule has 0 bridgehead atoms. The Balaban J connectivity index is 1.69. The first-order chi connectivity index (χ1) is 14.0. The van der Waals surface area contributed by atoms with Crippen molar-refractivity contribution in [2.45, 2.75) is 25.3 Å². The van der Waals surface area contributed by atoms with Crippen molar-refractivity contribution in [1.82, 2.24) is 4.98 Å². The quantitative estimate of drug-likeness (QED) is 0.465. The van der Waals surface area contributed by atoms with Crippen LogP contribution in [-0.2, 0) is 9.53 Å². The van der Waals surface area contributed by atoms with Gasteiger partial charge in [0.05, 0.1) is 41.2 Å². The van der Waals surface area contributed by atoms with E-state index in [1.54, 1.807) is 17.4 Å². The van der Waals surface area contributed by atoms with Crippen LogP contribution in [0.3, 0.4) is 0 Å². The molecule has 0 radical (unpaired) electrons. The number of anilines is 1. The Labute approximate surface area is 182 Å². The van der Waals surface area contributed by atoms with Crippen LogP contribution in [0.5, 0.6) is 0 Å².